The number of thiophene rings is 1. The molecule has 1 aliphatic rings. The minimum Gasteiger partial charge on any atom is -0.300 e. The quantitative estimate of drug-likeness (QED) is 0.564. The normalized spacial score (nSPS) is 17.0. The summed E-state index contributed by atoms with van der Waals surface area (Å²) in [5.41, 5.74) is 0. The molecule has 1 fully saturated rings. The average Bonchev–Trinajstić information content (AvgIpc) is 2.92. The lowest BCUT2D eigenvalue weighted by Crippen LogP contribution is -2.37. The van der Waals surface area contributed by atoms with Crippen LogP contribution in [0, 0.1) is 0 Å². The van der Waals surface area contributed by atoms with Crippen molar-refractivity contribution in [3.63, 3.8) is 0 Å². The van der Waals surface area contributed by atoms with Crippen molar-refractivity contribution in [3.8, 4) is 0 Å². The van der Waals surface area contributed by atoms with Gasteiger partial charge in [-0.2, -0.15) is 11.3 Å². The van der Waals surface area contributed by atoms with Gasteiger partial charge in [0, 0.05) is 24.5 Å². The van der Waals surface area contributed by atoms with Crippen molar-refractivity contribution in [3.05, 3.63) is 17.0 Å². The van der Waals surface area contributed by atoms with Crippen LogP contribution in [0.5, 0.6) is 0 Å². The van der Waals surface area contributed by atoms with Crippen molar-refractivity contribution in [1.82, 2.24) is 4.90 Å². The van der Waals surface area contributed by atoms with Gasteiger partial charge in [-0.05, 0) is 17.0 Å². The van der Waals surface area contributed by atoms with E-state index in [-0.39, 0.29) is 0 Å². The molecule has 0 spiro atoms. The van der Waals surface area contributed by atoms with Crippen LogP contribution in [0.4, 0.5) is 0 Å². The van der Waals surface area contributed by atoms with Crippen LogP contribution in [0.15, 0.2) is 12.1 Å². The number of rotatable bonds is 5. The lowest BCUT2D eigenvalue weighted by molar-refractivity contribution is 0.563. The summed E-state index contributed by atoms with van der Waals surface area (Å²) < 4.78 is 1.69. The fourth-order valence-corrected chi connectivity index (χ4v) is 5.18. The second-order valence-corrected chi connectivity index (χ2v) is 11.6. The Labute approximate surface area is 98.1 Å². The maximum atomic E-state index is 2.50. The maximum Gasteiger partial charge on any atom is 0.0931 e. The molecule has 0 aromatic carbocycles. The fourth-order valence-electron chi connectivity index (χ4n) is 1.61. The highest BCUT2D eigenvalue weighted by molar-refractivity contribution is 7.26. The minimum atomic E-state index is -1.07. The molecule has 1 nitrogen and oxygen atoms in total. The molecule has 2 heterocycles. The Morgan fingerprint density at radius 1 is 1.33 bits per heavy atom. The van der Waals surface area contributed by atoms with Crippen LogP contribution in [-0.4, -0.2) is 32.6 Å². The maximum absolute atomic E-state index is 2.50. The zero-order valence-electron chi connectivity index (χ0n) is 10.0. The molecule has 0 amide bonds. The summed E-state index contributed by atoms with van der Waals surface area (Å²) in [5, 5.41) is 0. The van der Waals surface area contributed by atoms with Gasteiger partial charge in [0.25, 0.3) is 0 Å². The summed E-state index contributed by atoms with van der Waals surface area (Å²) in [4.78, 5) is 4.09. The Kier molecular flexibility index (Phi) is 3.33. The van der Waals surface area contributed by atoms with Gasteiger partial charge in [-0.3, -0.25) is 0 Å². The van der Waals surface area contributed by atoms with E-state index in [1.165, 1.54) is 32.1 Å². The van der Waals surface area contributed by atoms with E-state index in [4.69, 9.17) is 0 Å². The summed E-state index contributed by atoms with van der Waals surface area (Å²) in [6.45, 7) is 11.2. The zero-order chi connectivity index (χ0) is 10.9. The summed E-state index contributed by atoms with van der Waals surface area (Å²) in [5.74, 6) is 0. The van der Waals surface area contributed by atoms with E-state index in [9.17, 15) is 0 Å². The van der Waals surface area contributed by atoms with E-state index in [0.29, 0.717) is 0 Å². The summed E-state index contributed by atoms with van der Waals surface area (Å²) in [6.07, 6.45) is 1.26. The molecule has 0 N–H and O–H groups in total. The molecule has 1 aliphatic heterocycles. The average molecular weight is 239 g/mol. The van der Waals surface area contributed by atoms with Crippen LogP contribution in [0.3, 0.4) is 0 Å². The van der Waals surface area contributed by atoms with Crippen LogP contribution in [0.2, 0.25) is 19.1 Å². The van der Waals surface area contributed by atoms with Gasteiger partial charge in [0.1, 0.15) is 0 Å². The van der Waals surface area contributed by atoms with E-state index in [0.717, 1.165) is 0 Å². The Bertz CT molecular complexity index is 328. The van der Waals surface area contributed by atoms with Crippen molar-refractivity contribution in [2.45, 2.75) is 32.5 Å². The molecule has 1 saturated heterocycles. The van der Waals surface area contributed by atoms with Crippen LogP contribution >= 0.6 is 11.3 Å². The SMILES string of the molecule is CC[Si](C)(C)c1ccc(CCN2CC2)s1. The Hall–Kier alpha value is -0.123. The van der Waals surface area contributed by atoms with Crippen molar-refractivity contribution in [2.24, 2.45) is 0 Å². The largest absolute Gasteiger partial charge is 0.300 e. The molecule has 84 valence electrons. The predicted octanol–water partition coefficient (Wildman–Crippen LogP) is 2.54. The molecule has 15 heavy (non-hydrogen) atoms. The zero-order valence-corrected chi connectivity index (χ0v) is 11.9. The van der Waals surface area contributed by atoms with E-state index in [1.54, 1.807) is 9.38 Å². The van der Waals surface area contributed by atoms with Crippen molar-refractivity contribution < 1.29 is 0 Å². The first-order chi connectivity index (χ1) is 7.12. The standard InChI is InChI=1S/C12H21NSSi/c1-4-15(2,3)12-6-5-11(14-12)7-8-13-9-10-13/h5-6H,4,7-10H2,1-3H3. The molecule has 1 aromatic rings. The predicted molar refractivity (Wildman–Crippen MR) is 72.1 cm³/mol. The first kappa shape index (κ1) is 11.4. The molecule has 0 aliphatic carbocycles. The van der Waals surface area contributed by atoms with Crippen molar-refractivity contribution >= 4 is 23.9 Å². The van der Waals surface area contributed by atoms with Gasteiger partial charge < -0.3 is 4.90 Å². The van der Waals surface area contributed by atoms with Gasteiger partial charge >= 0.3 is 0 Å². The highest BCUT2D eigenvalue weighted by Gasteiger charge is 2.23. The van der Waals surface area contributed by atoms with Crippen LogP contribution in [0.25, 0.3) is 0 Å². The van der Waals surface area contributed by atoms with Crippen LogP contribution in [0.1, 0.15) is 11.8 Å². The molecule has 3 heteroatoms. The number of nitrogens with zero attached hydrogens (tertiary/aromatic N) is 1. The molecule has 0 unspecified atom stereocenters. The van der Waals surface area contributed by atoms with Gasteiger partial charge in [-0.25, -0.2) is 0 Å². The summed E-state index contributed by atoms with van der Waals surface area (Å²) in [7, 11) is -1.07. The lowest BCUT2D eigenvalue weighted by Gasteiger charge is -2.17. The van der Waals surface area contributed by atoms with Gasteiger partial charge in [0.05, 0.1) is 8.07 Å². The molecular weight excluding hydrogens is 218 g/mol. The van der Waals surface area contributed by atoms with Gasteiger partial charge in [-0.1, -0.05) is 32.1 Å². The lowest BCUT2D eigenvalue weighted by atomic mass is 10.3. The Balaban J connectivity index is 1.96. The highest BCUT2D eigenvalue weighted by Crippen LogP contribution is 2.17. The third-order valence-corrected chi connectivity index (χ3v) is 9.62. The van der Waals surface area contributed by atoms with Crippen molar-refractivity contribution in [1.29, 1.82) is 0 Å². The molecule has 0 saturated carbocycles. The van der Waals surface area contributed by atoms with Gasteiger partial charge in [-0.15, -0.1) is 0 Å². The van der Waals surface area contributed by atoms with E-state index in [1.807, 2.05) is 0 Å². The smallest absolute Gasteiger partial charge is 0.0931 e. The first-order valence-electron chi connectivity index (χ1n) is 5.93. The molecule has 1 aromatic heterocycles. The van der Waals surface area contributed by atoms with E-state index >= 15 is 0 Å². The molecule has 2 rings (SSSR count). The topological polar surface area (TPSA) is 3.01 Å². The first-order valence-corrected chi connectivity index (χ1v) is 9.96. The van der Waals surface area contributed by atoms with Crippen LogP contribution in [-0.2, 0) is 6.42 Å². The summed E-state index contributed by atoms with van der Waals surface area (Å²) >= 11 is 2.07. The Morgan fingerprint density at radius 3 is 2.67 bits per heavy atom. The Morgan fingerprint density at radius 2 is 2.07 bits per heavy atom. The molecule has 0 radical (unpaired) electrons. The van der Waals surface area contributed by atoms with E-state index < -0.39 is 8.07 Å². The van der Waals surface area contributed by atoms with Crippen LogP contribution < -0.4 is 4.50 Å². The molecule has 0 bridgehead atoms. The van der Waals surface area contributed by atoms with Gasteiger partial charge in [0.2, 0.25) is 0 Å². The minimum absolute atomic E-state index is 1.07. The van der Waals surface area contributed by atoms with Gasteiger partial charge in [0.15, 0.2) is 0 Å². The second-order valence-electron chi connectivity index (χ2n) is 5.10. The summed E-state index contributed by atoms with van der Waals surface area (Å²) in [6, 6.07) is 6.10. The highest BCUT2D eigenvalue weighted by atomic mass is 32.1. The van der Waals surface area contributed by atoms with E-state index in [2.05, 4.69) is 48.4 Å². The third kappa shape index (κ3) is 2.92. The third-order valence-electron chi connectivity index (χ3n) is 3.43. The van der Waals surface area contributed by atoms with Crippen molar-refractivity contribution in [2.75, 3.05) is 19.6 Å². The number of hydrogen-bond donors (Lipinski definition) is 0. The second kappa shape index (κ2) is 4.40. The molecular formula is C12H21NSSi. The molecule has 0 atom stereocenters. The fraction of sp³-hybridized carbons (Fsp3) is 0.667. The number of hydrogen-bond acceptors (Lipinski definition) is 2. The monoisotopic (exact) mass is 239 g/mol.